The van der Waals surface area contributed by atoms with Gasteiger partial charge in [0.25, 0.3) is 0 Å². The van der Waals surface area contributed by atoms with Crippen molar-refractivity contribution in [1.29, 1.82) is 0 Å². The fraction of sp³-hybridized carbons (Fsp3) is 0.900. The van der Waals surface area contributed by atoms with Gasteiger partial charge in [-0.1, -0.05) is 67.5 Å². The van der Waals surface area contributed by atoms with Crippen LogP contribution in [0, 0.1) is 23.7 Å². The molecular weight excluding hydrogens is 303 g/mol. The lowest BCUT2D eigenvalue weighted by Gasteiger charge is -2.16. The van der Waals surface area contributed by atoms with E-state index in [0.717, 1.165) is 11.8 Å². The third-order valence-electron chi connectivity index (χ3n) is 3.15. The van der Waals surface area contributed by atoms with Gasteiger partial charge in [-0.3, -0.25) is 4.57 Å². The lowest BCUT2D eigenvalue weighted by molar-refractivity contribution is 0.271. The highest BCUT2D eigenvalue weighted by atomic mass is 31.2. The van der Waals surface area contributed by atoms with Crippen LogP contribution in [0.15, 0.2) is 12.2 Å². The van der Waals surface area contributed by atoms with Crippen LogP contribution in [0.4, 0.5) is 0 Å². The Hall–Kier alpha value is -0.0700. The zero-order valence-electron chi connectivity index (χ0n) is 17.3. The van der Waals surface area contributed by atoms with Crippen LogP contribution >= 0.6 is 7.37 Å². The molecule has 0 heterocycles. The second-order valence-electron chi connectivity index (χ2n) is 8.56. The van der Waals surface area contributed by atoms with Gasteiger partial charge in [0.2, 0.25) is 0 Å². The van der Waals surface area contributed by atoms with Crippen molar-refractivity contribution >= 4 is 7.37 Å². The highest BCUT2D eigenvalue weighted by molar-refractivity contribution is 7.58. The fourth-order valence-corrected chi connectivity index (χ4v) is 4.24. The summed E-state index contributed by atoms with van der Waals surface area (Å²) < 4.78 is 17.1. The van der Waals surface area contributed by atoms with Gasteiger partial charge in [-0.15, -0.1) is 0 Å². The summed E-state index contributed by atoms with van der Waals surface area (Å²) in [5.74, 6) is 2.51. The summed E-state index contributed by atoms with van der Waals surface area (Å²) in [5, 5.41) is 0. The monoisotopic (exact) mass is 346 g/mol. The van der Waals surface area contributed by atoms with Crippen LogP contribution < -0.4 is 0 Å². The Bertz CT molecular complexity index is 344. The van der Waals surface area contributed by atoms with Gasteiger partial charge in [0.05, 0.1) is 6.61 Å². The molecule has 0 aliphatic rings. The Morgan fingerprint density at radius 1 is 0.913 bits per heavy atom. The Labute approximate surface area is 146 Å². The maximum atomic E-state index is 11.7. The smallest absolute Gasteiger partial charge is 0.200 e. The Morgan fingerprint density at radius 2 is 1.43 bits per heavy atom. The van der Waals surface area contributed by atoms with E-state index in [4.69, 9.17) is 4.52 Å². The van der Waals surface area contributed by atoms with Crippen molar-refractivity contribution in [3.63, 3.8) is 0 Å². The summed E-state index contributed by atoms with van der Waals surface area (Å²) in [4.78, 5) is 0. The van der Waals surface area contributed by atoms with Crippen LogP contribution in [0.3, 0.4) is 0 Å². The minimum Gasteiger partial charge on any atom is -0.328 e. The summed E-state index contributed by atoms with van der Waals surface area (Å²) in [5.41, 5.74) is 1.42. The van der Waals surface area contributed by atoms with E-state index in [9.17, 15) is 4.57 Å². The van der Waals surface area contributed by atoms with Gasteiger partial charge in [-0.25, -0.2) is 0 Å². The topological polar surface area (TPSA) is 26.3 Å². The summed E-state index contributed by atoms with van der Waals surface area (Å²) in [7, 11) is -2.30. The molecule has 0 bridgehead atoms. The van der Waals surface area contributed by atoms with E-state index in [-0.39, 0.29) is 0 Å². The molecule has 1 unspecified atom stereocenters. The molecule has 0 rings (SSSR count). The third-order valence-corrected chi connectivity index (χ3v) is 5.24. The van der Waals surface area contributed by atoms with Crippen molar-refractivity contribution in [1.82, 2.24) is 0 Å². The lowest BCUT2D eigenvalue weighted by atomic mass is 9.97. The molecule has 0 radical (unpaired) electrons. The van der Waals surface area contributed by atoms with Crippen LogP contribution in [0.5, 0.6) is 0 Å². The number of hydrogen-bond donors (Lipinski definition) is 0. The SMILES string of the molecule is C=C(CCC(C)C)CC(C)C.CC(C)COP(C)(=O)CC(C)C. The molecule has 0 aromatic rings. The first-order valence-electron chi connectivity index (χ1n) is 9.23. The first-order valence-corrected chi connectivity index (χ1v) is 11.5. The zero-order valence-corrected chi connectivity index (χ0v) is 18.2. The van der Waals surface area contributed by atoms with E-state index in [2.05, 4.69) is 62.0 Å². The van der Waals surface area contributed by atoms with Gasteiger partial charge in [-0.05, 0) is 42.9 Å². The predicted octanol–water partition coefficient (Wildman–Crippen LogP) is 7.25. The minimum atomic E-state index is -2.30. The highest BCUT2D eigenvalue weighted by Gasteiger charge is 2.17. The number of hydrogen-bond acceptors (Lipinski definition) is 2. The third kappa shape index (κ3) is 21.9. The first-order chi connectivity index (χ1) is 10.4. The maximum absolute atomic E-state index is 11.7. The summed E-state index contributed by atoms with van der Waals surface area (Å²) in [6.45, 7) is 23.7. The zero-order chi connectivity index (χ0) is 18.6. The van der Waals surface area contributed by atoms with E-state index < -0.39 is 7.37 Å². The standard InChI is InChI=1S/C11H22.C9H21O2P/c1-9(2)6-7-11(5)8-10(3)4;1-8(2)6-11-12(5,10)7-9(3)4/h9-10H,5-8H2,1-4H3;8-9H,6-7H2,1-5H3. The molecule has 0 aromatic heterocycles. The molecule has 0 aliphatic heterocycles. The van der Waals surface area contributed by atoms with Crippen LogP contribution in [0.2, 0.25) is 0 Å². The van der Waals surface area contributed by atoms with Gasteiger partial charge in [0.1, 0.15) is 0 Å². The normalized spacial score (nSPS) is 14.1. The van der Waals surface area contributed by atoms with Crippen molar-refractivity contribution in [3.8, 4) is 0 Å². The molecule has 2 nitrogen and oxygen atoms in total. The molecule has 0 aromatic carbocycles. The van der Waals surface area contributed by atoms with Gasteiger partial charge in [-0.2, -0.15) is 0 Å². The van der Waals surface area contributed by atoms with E-state index >= 15 is 0 Å². The first kappa shape index (κ1) is 25.2. The molecule has 0 fully saturated rings. The summed E-state index contributed by atoms with van der Waals surface area (Å²) >= 11 is 0. The van der Waals surface area contributed by atoms with Gasteiger partial charge >= 0.3 is 0 Å². The lowest BCUT2D eigenvalue weighted by Crippen LogP contribution is -2.05. The van der Waals surface area contributed by atoms with E-state index in [1.54, 1.807) is 6.66 Å². The molecule has 0 N–H and O–H groups in total. The van der Waals surface area contributed by atoms with Crippen molar-refractivity contribution < 1.29 is 9.09 Å². The van der Waals surface area contributed by atoms with Crippen molar-refractivity contribution in [2.45, 2.75) is 74.7 Å². The summed E-state index contributed by atoms with van der Waals surface area (Å²) in [6, 6.07) is 0. The van der Waals surface area contributed by atoms with Crippen LogP contribution in [-0.4, -0.2) is 19.4 Å². The molecule has 0 saturated heterocycles. The second kappa shape index (κ2) is 13.2. The average molecular weight is 347 g/mol. The molecule has 0 spiro atoms. The Balaban J connectivity index is 0. The molecule has 140 valence electrons. The van der Waals surface area contributed by atoms with E-state index in [1.807, 2.05) is 0 Å². The molecule has 1 atom stereocenters. The Kier molecular flexibility index (Phi) is 14.5. The largest absolute Gasteiger partial charge is 0.328 e. The highest BCUT2D eigenvalue weighted by Crippen LogP contribution is 2.44. The Morgan fingerprint density at radius 3 is 1.78 bits per heavy atom. The molecular formula is C20H43O2P. The van der Waals surface area contributed by atoms with Crippen molar-refractivity contribution in [2.24, 2.45) is 23.7 Å². The number of rotatable bonds is 10. The van der Waals surface area contributed by atoms with Crippen LogP contribution in [0.1, 0.15) is 74.7 Å². The second-order valence-corrected chi connectivity index (χ2v) is 11.2. The van der Waals surface area contributed by atoms with Crippen molar-refractivity contribution in [3.05, 3.63) is 12.2 Å². The fourth-order valence-electron chi connectivity index (χ4n) is 2.19. The molecule has 23 heavy (non-hydrogen) atoms. The van der Waals surface area contributed by atoms with Crippen LogP contribution in [-0.2, 0) is 9.09 Å². The van der Waals surface area contributed by atoms with Crippen LogP contribution in [0.25, 0.3) is 0 Å². The van der Waals surface area contributed by atoms with Gasteiger partial charge in [0.15, 0.2) is 7.37 Å². The average Bonchev–Trinajstić information content (AvgIpc) is 2.32. The molecule has 0 saturated carbocycles. The van der Waals surface area contributed by atoms with E-state index in [1.165, 1.54) is 24.8 Å². The molecule has 3 heteroatoms. The summed E-state index contributed by atoms with van der Waals surface area (Å²) in [6.07, 6.45) is 4.41. The maximum Gasteiger partial charge on any atom is 0.200 e. The van der Waals surface area contributed by atoms with E-state index in [0.29, 0.717) is 24.6 Å². The molecule has 0 aliphatic carbocycles. The number of allylic oxidation sites excluding steroid dienone is 1. The predicted molar refractivity (Wildman–Crippen MR) is 107 cm³/mol. The van der Waals surface area contributed by atoms with Gasteiger partial charge < -0.3 is 4.52 Å². The minimum absolute atomic E-state index is 0.452. The molecule has 0 amide bonds. The quantitative estimate of drug-likeness (QED) is 0.307. The van der Waals surface area contributed by atoms with Crippen molar-refractivity contribution in [2.75, 3.05) is 19.4 Å². The van der Waals surface area contributed by atoms with Gasteiger partial charge in [0, 0.05) is 12.8 Å².